The van der Waals surface area contributed by atoms with Gasteiger partial charge in [-0.25, -0.2) is 4.98 Å². The van der Waals surface area contributed by atoms with Gasteiger partial charge in [0.15, 0.2) is 0 Å². The monoisotopic (exact) mass is 477 g/mol. The minimum absolute atomic E-state index is 0.0746. The Balaban J connectivity index is 1.57. The highest BCUT2D eigenvalue weighted by Crippen LogP contribution is 3.02. The summed E-state index contributed by atoms with van der Waals surface area (Å²) in [7, 11) is -9.78. The SMILES string of the molecule is O=C(Nc1ccc(S(F)(F)(F)(F)F)cc1)c1cnc(N2CCC(O)C2)c(C2CCN=N2)c1. The first kappa shape index (κ1) is 22.4. The number of nitrogens with zero attached hydrogens (tertiary/aromatic N) is 4. The number of rotatable bonds is 5. The maximum Gasteiger partial charge on any atom is 0.310 e. The topological polar surface area (TPSA) is 90.2 Å². The molecule has 1 aromatic carbocycles. The number of hydrogen-bond acceptors (Lipinski definition) is 6. The molecule has 32 heavy (non-hydrogen) atoms. The third kappa shape index (κ3) is 4.83. The van der Waals surface area contributed by atoms with Crippen molar-refractivity contribution in [2.75, 3.05) is 29.9 Å². The van der Waals surface area contributed by atoms with Crippen molar-refractivity contribution in [1.29, 1.82) is 0 Å². The Labute approximate surface area is 180 Å². The molecule has 1 fully saturated rings. The largest absolute Gasteiger partial charge is 0.391 e. The fourth-order valence-corrected chi connectivity index (χ4v) is 4.30. The molecule has 2 aromatic rings. The van der Waals surface area contributed by atoms with Gasteiger partial charge in [-0.2, -0.15) is 10.2 Å². The summed E-state index contributed by atoms with van der Waals surface area (Å²) in [6.45, 7) is 1.52. The Morgan fingerprint density at radius 3 is 2.41 bits per heavy atom. The van der Waals surface area contributed by atoms with E-state index in [4.69, 9.17) is 0 Å². The Morgan fingerprint density at radius 1 is 1.12 bits per heavy atom. The van der Waals surface area contributed by atoms with Gasteiger partial charge < -0.3 is 15.3 Å². The van der Waals surface area contributed by atoms with Crippen LogP contribution in [0.5, 0.6) is 0 Å². The standard InChI is InChI=1S/C19H20F5N5O2S/c20-32(21,22,23,24)15-3-1-13(2-4-15)27-19(31)12-9-16(17-5-7-26-28-17)18(25-10-12)29-8-6-14(30)11-29/h1-4,9-10,14,17,30H,5-8,11H2,(H,27,31). The van der Waals surface area contributed by atoms with Crippen molar-refractivity contribution in [2.45, 2.75) is 29.9 Å². The summed E-state index contributed by atoms with van der Waals surface area (Å²) in [5.74, 6) is -0.0778. The molecule has 1 amide bonds. The van der Waals surface area contributed by atoms with Crippen LogP contribution in [0, 0.1) is 0 Å². The second-order valence-corrected chi connectivity index (χ2v) is 10.2. The van der Waals surface area contributed by atoms with Crippen LogP contribution in [-0.2, 0) is 0 Å². The molecule has 3 heterocycles. The van der Waals surface area contributed by atoms with E-state index < -0.39 is 27.1 Å². The van der Waals surface area contributed by atoms with Gasteiger partial charge in [-0.1, -0.05) is 19.4 Å². The molecule has 4 rings (SSSR count). The van der Waals surface area contributed by atoms with E-state index in [1.54, 1.807) is 6.07 Å². The molecule has 2 unspecified atom stereocenters. The molecule has 2 atom stereocenters. The maximum atomic E-state index is 12.9. The molecule has 1 saturated heterocycles. The Kier molecular flexibility index (Phi) is 4.97. The number of halogens is 5. The Morgan fingerprint density at radius 2 is 1.84 bits per heavy atom. The van der Waals surface area contributed by atoms with Crippen LogP contribution in [0.4, 0.5) is 30.9 Å². The molecule has 174 valence electrons. The summed E-state index contributed by atoms with van der Waals surface area (Å²) in [6.07, 6.45) is 2.05. The molecule has 2 aliphatic heterocycles. The van der Waals surface area contributed by atoms with Gasteiger partial charge in [-0.15, -0.1) is 0 Å². The lowest BCUT2D eigenvalue weighted by Crippen LogP contribution is -2.24. The quantitative estimate of drug-likeness (QED) is 0.560. The molecule has 0 aliphatic carbocycles. The number of aromatic nitrogens is 1. The highest BCUT2D eigenvalue weighted by Gasteiger charge is 2.65. The number of azo groups is 1. The zero-order chi connectivity index (χ0) is 23.2. The van der Waals surface area contributed by atoms with Gasteiger partial charge in [0, 0.05) is 30.5 Å². The lowest BCUT2D eigenvalue weighted by molar-refractivity contribution is 0.102. The molecule has 13 heteroatoms. The van der Waals surface area contributed by atoms with Crippen LogP contribution in [0.1, 0.15) is 34.8 Å². The fourth-order valence-electron chi connectivity index (χ4n) is 3.65. The van der Waals surface area contributed by atoms with E-state index in [9.17, 15) is 29.3 Å². The second kappa shape index (κ2) is 7.10. The average Bonchev–Trinajstić information content (AvgIpc) is 3.38. The average molecular weight is 477 g/mol. The van der Waals surface area contributed by atoms with Crippen LogP contribution in [0.3, 0.4) is 0 Å². The van der Waals surface area contributed by atoms with Gasteiger partial charge in [0.05, 0.1) is 18.2 Å². The van der Waals surface area contributed by atoms with Crippen LogP contribution in [0.2, 0.25) is 0 Å². The van der Waals surface area contributed by atoms with Crippen LogP contribution < -0.4 is 10.2 Å². The van der Waals surface area contributed by atoms with E-state index in [0.29, 0.717) is 43.9 Å². The molecule has 2 N–H and O–H groups in total. The molecule has 1 aromatic heterocycles. The van der Waals surface area contributed by atoms with Crippen molar-refractivity contribution < 1.29 is 29.3 Å². The third-order valence-electron chi connectivity index (χ3n) is 5.26. The van der Waals surface area contributed by atoms with Gasteiger partial charge in [-0.05, 0) is 43.2 Å². The van der Waals surface area contributed by atoms with Crippen LogP contribution in [-0.4, -0.2) is 41.7 Å². The maximum absolute atomic E-state index is 12.9. The van der Waals surface area contributed by atoms with Gasteiger partial charge >= 0.3 is 10.2 Å². The van der Waals surface area contributed by atoms with Crippen molar-refractivity contribution in [2.24, 2.45) is 10.2 Å². The Hall–Kier alpha value is -2.80. The highest BCUT2D eigenvalue weighted by atomic mass is 32.5. The van der Waals surface area contributed by atoms with E-state index in [-0.39, 0.29) is 29.4 Å². The molecule has 7 nitrogen and oxygen atoms in total. The van der Waals surface area contributed by atoms with Crippen LogP contribution in [0.25, 0.3) is 0 Å². The van der Waals surface area contributed by atoms with E-state index in [1.165, 1.54) is 6.20 Å². The summed E-state index contributed by atoms with van der Waals surface area (Å²) in [4.78, 5) is 16.9. The predicted octanol–water partition coefficient (Wildman–Crippen LogP) is 5.46. The lowest BCUT2D eigenvalue weighted by Gasteiger charge is -2.40. The molecule has 0 spiro atoms. The van der Waals surface area contributed by atoms with Gasteiger partial charge in [0.1, 0.15) is 16.8 Å². The highest BCUT2D eigenvalue weighted by molar-refractivity contribution is 8.45. The minimum Gasteiger partial charge on any atom is -0.391 e. The number of carbonyl (C=O) groups is 1. The number of nitrogens with one attached hydrogen (secondary N) is 1. The molecule has 2 aliphatic rings. The summed E-state index contributed by atoms with van der Waals surface area (Å²) in [5, 5.41) is 20.4. The third-order valence-corrected chi connectivity index (χ3v) is 6.42. The van der Waals surface area contributed by atoms with E-state index >= 15 is 0 Å². The van der Waals surface area contributed by atoms with Crippen LogP contribution in [0.15, 0.2) is 51.7 Å². The van der Waals surface area contributed by atoms with E-state index in [1.807, 2.05) is 4.90 Å². The lowest BCUT2D eigenvalue weighted by atomic mass is 10.0. The first-order valence-corrected chi connectivity index (χ1v) is 11.7. The van der Waals surface area contributed by atoms with Crippen molar-refractivity contribution in [3.8, 4) is 0 Å². The number of hydrogen-bond donors (Lipinski definition) is 2. The fraction of sp³-hybridized carbons (Fsp3) is 0.368. The molecule has 0 radical (unpaired) electrons. The zero-order valence-corrected chi connectivity index (χ0v) is 17.4. The summed E-state index contributed by atoms with van der Waals surface area (Å²) >= 11 is 0. The van der Waals surface area contributed by atoms with Crippen molar-refractivity contribution in [3.63, 3.8) is 0 Å². The van der Waals surface area contributed by atoms with Gasteiger partial charge in [0.2, 0.25) is 0 Å². The summed E-state index contributed by atoms with van der Waals surface area (Å²) in [5.41, 5.74) is 0.709. The number of amides is 1. The van der Waals surface area contributed by atoms with Gasteiger partial charge in [0.25, 0.3) is 5.91 Å². The number of pyridine rings is 1. The predicted molar refractivity (Wildman–Crippen MR) is 110 cm³/mol. The summed E-state index contributed by atoms with van der Waals surface area (Å²) in [6, 6.07) is 3.29. The van der Waals surface area contributed by atoms with E-state index in [0.717, 1.165) is 12.1 Å². The first-order valence-electron chi connectivity index (χ1n) is 9.75. The number of benzene rings is 1. The van der Waals surface area contributed by atoms with Crippen molar-refractivity contribution in [3.05, 3.63) is 47.7 Å². The number of carbonyl (C=O) groups excluding carboxylic acids is 1. The van der Waals surface area contributed by atoms with Gasteiger partial charge in [-0.3, -0.25) is 4.79 Å². The summed E-state index contributed by atoms with van der Waals surface area (Å²) < 4.78 is 64.3. The molecule has 0 saturated carbocycles. The van der Waals surface area contributed by atoms with Crippen molar-refractivity contribution in [1.82, 2.24) is 4.98 Å². The minimum atomic E-state index is -9.78. The van der Waals surface area contributed by atoms with Crippen molar-refractivity contribution >= 4 is 27.6 Å². The van der Waals surface area contributed by atoms with E-state index in [2.05, 4.69) is 20.5 Å². The molecular weight excluding hydrogens is 457 g/mol. The molecular formula is C19H20F5N5O2S. The molecule has 0 bridgehead atoms. The second-order valence-electron chi connectivity index (χ2n) is 7.76. The normalized spacial score (nSPS) is 23.1. The number of β-amino-alcohol motifs (C(OH)–C–C–N with tert-alkyl or cyclic N) is 1. The first-order chi connectivity index (χ1) is 14.8. The number of anilines is 2. The zero-order valence-electron chi connectivity index (χ0n) is 16.6. The van der Waals surface area contributed by atoms with Crippen LogP contribution >= 0.6 is 10.2 Å². The number of aliphatic hydroxyl groups excluding tert-OH is 1. The number of aliphatic hydroxyl groups is 1. The Bertz CT molecular complexity index is 1080. The smallest absolute Gasteiger partial charge is 0.310 e.